The van der Waals surface area contributed by atoms with E-state index in [4.69, 9.17) is 4.74 Å². The molecule has 0 aliphatic heterocycles. The first-order valence-electron chi connectivity index (χ1n) is 5.73. The summed E-state index contributed by atoms with van der Waals surface area (Å²) in [6.45, 7) is 2.34. The van der Waals surface area contributed by atoms with Crippen LogP contribution in [-0.4, -0.2) is 58.7 Å². The molecule has 1 aromatic heterocycles. The number of nitrogens with zero attached hydrogens (tertiary/aromatic N) is 2. The summed E-state index contributed by atoms with van der Waals surface area (Å²) in [6, 6.07) is 1.52. The summed E-state index contributed by atoms with van der Waals surface area (Å²) in [4.78, 5) is 5.99. The van der Waals surface area contributed by atoms with E-state index < -0.39 is 10.0 Å². The third-order valence-electron chi connectivity index (χ3n) is 2.45. The van der Waals surface area contributed by atoms with E-state index in [1.165, 1.54) is 18.5 Å². The average molecular weight is 352 g/mol. The summed E-state index contributed by atoms with van der Waals surface area (Å²) in [7, 11) is 0.0471. The Kier molecular flexibility index (Phi) is 6.87. The molecule has 0 radical (unpaired) electrons. The summed E-state index contributed by atoms with van der Waals surface area (Å²) >= 11 is 3.20. The van der Waals surface area contributed by atoms with Crippen molar-refractivity contribution in [3.8, 4) is 0 Å². The van der Waals surface area contributed by atoms with Crippen LogP contribution in [0.1, 0.15) is 0 Å². The number of halogens is 1. The Labute approximate surface area is 122 Å². The number of sulfonamides is 1. The van der Waals surface area contributed by atoms with Crippen molar-refractivity contribution in [2.75, 3.05) is 40.4 Å². The minimum Gasteiger partial charge on any atom is -0.383 e. The molecule has 0 atom stereocenters. The number of hydrogen-bond acceptors (Lipinski definition) is 5. The maximum absolute atomic E-state index is 12.0. The first-order valence-corrected chi connectivity index (χ1v) is 8.01. The normalized spacial score (nSPS) is 12.0. The predicted molar refractivity (Wildman–Crippen MR) is 76.5 cm³/mol. The van der Waals surface area contributed by atoms with Crippen molar-refractivity contribution in [1.82, 2.24) is 14.6 Å². The SMILES string of the molecule is COCCN(C)CCNS(=O)(=O)c1cncc(Br)c1. The second-order valence-corrected chi connectivity index (χ2v) is 6.72. The second kappa shape index (κ2) is 7.91. The molecule has 1 heterocycles. The maximum atomic E-state index is 12.0. The largest absolute Gasteiger partial charge is 0.383 e. The lowest BCUT2D eigenvalue weighted by atomic mass is 10.5. The lowest BCUT2D eigenvalue weighted by molar-refractivity contribution is 0.162. The first-order chi connectivity index (χ1) is 8.95. The zero-order valence-corrected chi connectivity index (χ0v) is 13.4. The van der Waals surface area contributed by atoms with Gasteiger partial charge in [-0.3, -0.25) is 4.98 Å². The minimum atomic E-state index is -3.50. The highest BCUT2D eigenvalue weighted by Crippen LogP contribution is 2.13. The number of nitrogens with one attached hydrogen (secondary N) is 1. The van der Waals surface area contributed by atoms with E-state index in [0.29, 0.717) is 24.2 Å². The topological polar surface area (TPSA) is 71.5 Å². The molecular weight excluding hydrogens is 334 g/mol. The number of hydrogen-bond donors (Lipinski definition) is 1. The van der Waals surface area contributed by atoms with Gasteiger partial charge in [0.05, 0.1) is 6.61 Å². The van der Waals surface area contributed by atoms with Gasteiger partial charge in [-0.05, 0) is 29.0 Å². The molecular formula is C11H18BrN3O3S. The number of ether oxygens (including phenoxy) is 1. The Morgan fingerprint density at radius 1 is 1.42 bits per heavy atom. The monoisotopic (exact) mass is 351 g/mol. The summed E-state index contributed by atoms with van der Waals surface area (Å²) in [5.74, 6) is 0. The Hall–Kier alpha value is -0.540. The van der Waals surface area contributed by atoms with Crippen molar-refractivity contribution < 1.29 is 13.2 Å². The molecule has 0 saturated heterocycles. The Morgan fingerprint density at radius 2 is 2.16 bits per heavy atom. The van der Waals surface area contributed by atoms with E-state index in [2.05, 4.69) is 25.6 Å². The molecule has 6 nitrogen and oxygen atoms in total. The highest BCUT2D eigenvalue weighted by molar-refractivity contribution is 9.10. The van der Waals surface area contributed by atoms with Gasteiger partial charge >= 0.3 is 0 Å². The van der Waals surface area contributed by atoms with Crippen molar-refractivity contribution in [2.45, 2.75) is 4.90 Å². The fourth-order valence-corrected chi connectivity index (χ4v) is 2.88. The third kappa shape index (κ3) is 5.96. The van der Waals surface area contributed by atoms with E-state index >= 15 is 0 Å². The average Bonchev–Trinajstić information content (AvgIpc) is 2.36. The van der Waals surface area contributed by atoms with Crippen LogP contribution in [-0.2, 0) is 14.8 Å². The molecule has 0 bridgehead atoms. The molecule has 1 rings (SSSR count). The Balaban J connectivity index is 2.48. The van der Waals surface area contributed by atoms with Gasteiger partial charge < -0.3 is 9.64 Å². The molecule has 0 fully saturated rings. The van der Waals surface area contributed by atoms with Gasteiger partial charge in [0.15, 0.2) is 0 Å². The van der Waals surface area contributed by atoms with Gasteiger partial charge in [0.1, 0.15) is 4.90 Å². The summed E-state index contributed by atoms with van der Waals surface area (Å²) in [5.41, 5.74) is 0. The standard InChI is InChI=1S/C11H18BrN3O3S/c1-15(5-6-18-2)4-3-14-19(16,17)11-7-10(12)8-13-9-11/h7-9,14H,3-6H2,1-2H3. The van der Waals surface area contributed by atoms with Crippen molar-refractivity contribution >= 4 is 26.0 Å². The molecule has 0 aliphatic carbocycles. The second-order valence-electron chi connectivity index (χ2n) is 4.03. The predicted octanol–water partition coefficient (Wildman–Crippen LogP) is 0.701. The molecule has 0 unspecified atom stereocenters. The van der Waals surface area contributed by atoms with Gasteiger partial charge in [-0.15, -0.1) is 0 Å². The zero-order chi connectivity index (χ0) is 14.3. The lowest BCUT2D eigenvalue weighted by Crippen LogP contribution is -2.34. The number of likely N-dealkylation sites (N-methyl/N-ethyl adjacent to an activating group) is 1. The van der Waals surface area contributed by atoms with Crippen LogP contribution in [0.3, 0.4) is 0 Å². The van der Waals surface area contributed by atoms with Crippen LogP contribution < -0.4 is 4.72 Å². The smallest absolute Gasteiger partial charge is 0.242 e. The van der Waals surface area contributed by atoms with Crippen molar-refractivity contribution in [2.24, 2.45) is 0 Å². The van der Waals surface area contributed by atoms with E-state index in [-0.39, 0.29) is 4.90 Å². The number of methoxy groups -OCH3 is 1. The summed E-state index contributed by atoms with van der Waals surface area (Å²) < 4.78 is 32.0. The molecule has 0 aromatic carbocycles. The van der Waals surface area contributed by atoms with Gasteiger partial charge in [0, 0.05) is 43.6 Å². The Bertz CT molecular complexity index is 496. The molecule has 0 aliphatic rings. The molecule has 108 valence electrons. The first kappa shape index (κ1) is 16.5. The maximum Gasteiger partial charge on any atom is 0.242 e. The quantitative estimate of drug-likeness (QED) is 0.746. The minimum absolute atomic E-state index is 0.154. The number of rotatable bonds is 8. The summed E-state index contributed by atoms with van der Waals surface area (Å²) in [6.07, 6.45) is 2.86. The molecule has 0 amide bonds. The lowest BCUT2D eigenvalue weighted by Gasteiger charge is -2.16. The van der Waals surface area contributed by atoms with E-state index in [0.717, 1.165) is 6.54 Å². The van der Waals surface area contributed by atoms with Crippen LogP contribution in [0, 0.1) is 0 Å². The van der Waals surface area contributed by atoms with Crippen molar-refractivity contribution in [3.05, 3.63) is 22.9 Å². The third-order valence-corrected chi connectivity index (χ3v) is 4.31. The van der Waals surface area contributed by atoms with Crippen LogP contribution in [0.25, 0.3) is 0 Å². The fourth-order valence-electron chi connectivity index (χ4n) is 1.35. The molecule has 0 saturated carbocycles. The van der Waals surface area contributed by atoms with Crippen LogP contribution in [0.5, 0.6) is 0 Å². The molecule has 19 heavy (non-hydrogen) atoms. The van der Waals surface area contributed by atoms with Gasteiger partial charge in [-0.25, -0.2) is 13.1 Å². The van der Waals surface area contributed by atoms with Crippen molar-refractivity contribution in [3.63, 3.8) is 0 Å². The number of pyridine rings is 1. The van der Waals surface area contributed by atoms with Crippen LogP contribution in [0.2, 0.25) is 0 Å². The van der Waals surface area contributed by atoms with Gasteiger partial charge in [-0.2, -0.15) is 0 Å². The van der Waals surface area contributed by atoms with Crippen LogP contribution >= 0.6 is 15.9 Å². The molecule has 1 aromatic rings. The summed E-state index contributed by atoms with van der Waals surface area (Å²) in [5, 5.41) is 0. The Morgan fingerprint density at radius 3 is 2.79 bits per heavy atom. The molecule has 8 heteroatoms. The molecule has 0 spiro atoms. The van der Waals surface area contributed by atoms with E-state index in [1.54, 1.807) is 7.11 Å². The van der Waals surface area contributed by atoms with Gasteiger partial charge in [-0.1, -0.05) is 0 Å². The van der Waals surface area contributed by atoms with Gasteiger partial charge in [0.25, 0.3) is 0 Å². The van der Waals surface area contributed by atoms with Crippen LogP contribution in [0.15, 0.2) is 27.8 Å². The van der Waals surface area contributed by atoms with E-state index in [1.807, 2.05) is 11.9 Å². The van der Waals surface area contributed by atoms with E-state index in [9.17, 15) is 8.42 Å². The van der Waals surface area contributed by atoms with Crippen molar-refractivity contribution in [1.29, 1.82) is 0 Å². The van der Waals surface area contributed by atoms with Gasteiger partial charge in [0.2, 0.25) is 10.0 Å². The fraction of sp³-hybridized carbons (Fsp3) is 0.545. The highest BCUT2D eigenvalue weighted by atomic mass is 79.9. The van der Waals surface area contributed by atoms with Crippen LogP contribution in [0.4, 0.5) is 0 Å². The highest BCUT2D eigenvalue weighted by Gasteiger charge is 2.14. The zero-order valence-electron chi connectivity index (χ0n) is 11.0. The number of aromatic nitrogens is 1. The molecule has 1 N–H and O–H groups in total.